The number of carbonyl (C=O) groups is 1. The van der Waals surface area contributed by atoms with E-state index in [1.807, 2.05) is 25.8 Å². The molecule has 1 atom stereocenters. The molecule has 0 spiro atoms. The van der Waals surface area contributed by atoms with Gasteiger partial charge >= 0.3 is 0 Å². The number of aromatic nitrogens is 2. The van der Waals surface area contributed by atoms with E-state index < -0.39 is 0 Å². The summed E-state index contributed by atoms with van der Waals surface area (Å²) in [5.41, 5.74) is 0. The molecule has 0 saturated carbocycles. The van der Waals surface area contributed by atoms with Gasteiger partial charge in [0.25, 0.3) is 0 Å². The molecule has 1 unspecified atom stereocenters. The summed E-state index contributed by atoms with van der Waals surface area (Å²) in [6.45, 7) is 5.71. The van der Waals surface area contributed by atoms with Crippen molar-refractivity contribution in [3.05, 3.63) is 11.7 Å². The van der Waals surface area contributed by atoms with Gasteiger partial charge in [0.15, 0.2) is 5.82 Å². The van der Waals surface area contributed by atoms with Gasteiger partial charge in [-0.05, 0) is 32.9 Å². The summed E-state index contributed by atoms with van der Waals surface area (Å²) in [5, 5.41) is 7.12. The largest absolute Gasteiger partial charge is 0.339 e. The third-order valence-electron chi connectivity index (χ3n) is 3.64. The lowest BCUT2D eigenvalue weighted by Crippen LogP contribution is -2.31. The predicted molar refractivity (Wildman–Crippen MR) is 75.2 cm³/mol. The highest BCUT2D eigenvalue weighted by Crippen LogP contribution is 2.31. The van der Waals surface area contributed by atoms with E-state index in [2.05, 4.69) is 15.5 Å². The quantitative estimate of drug-likeness (QED) is 0.805. The molecule has 1 aliphatic heterocycles. The normalized spacial score (nSPS) is 19.0. The van der Waals surface area contributed by atoms with Gasteiger partial charge in [-0.1, -0.05) is 19.0 Å². The fourth-order valence-corrected chi connectivity index (χ4v) is 2.51. The number of likely N-dealkylation sites (tertiary alicyclic amines) is 1. The molecule has 1 aliphatic rings. The zero-order chi connectivity index (χ0) is 14.5. The summed E-state index contributed by atoms with van der Waals surface area (Å²) in [5.74, 6) is 1.72. The van der Waals surface area contributed by atoms with Crippen LogP contribution < -0.4 is 5.32 Å². The maximum atomic E-state index is 12.3. The van der Waals surface area contributed by atoms with Crippen LogP contribution in [-0.2, 0) is 4.79 Å². The highest BCUT2D eigenvalue weighted by Gasteiger charge is 2.33. The molecule has 2 rings (SSSR count). The molecule has 2 heterocycles. The van der Waals surface area contributed by atoms with Crippen LogP contribution in [-0.4, -0.2) is 41.1 Å². The Morgan fingerprint density at radius 2 is 2.35 bits per heavy atom. The Bertz CT molecular complexity index is 444. The van der Waals surface area contributed by atoms with Gasteiger partial charge in [0.1, 0.15) is 0 Å². The first-order valence-corrected chi connectivity index (χ1v) is 7.41. The van der Waals surface area contributed by atoms with E-state index in [0.717, 1.165) is 32.4 Å². The van der Waals surface area contributed by atoms with Crippen LogP contribution in [0.15, 0.2) is 4.52 Å². The van der Waals surface area contributed by atoms with E-state index in [9.17, 15) is 4.79 Å². The third-order valence-corrected chi connectivity index (χ3v) is 3.64. The number of rotatable bonds is 6. The molecule has 1 N–H and O–H groups in total. The molecule has 1 fully saturated rings. The van der Waals surface area contributed by atoms with Gasteiger partial charge in [-0.3, -0.25) is 4.79 Å². The van der Waals surface area contributed by atoms with E-state index in [-0.39, 0.29) is 17.9 Å². The van der Waals surface area contributed by atoms with Crippen molar-refractivity contribution >= 4 is 5.91 Å². The number of hydrogen-bond donors (Lipinski definition) is 1. The number of nitrogens with zero attached hydrogens (tertiary/aromatic N) is 3. The Morgan fingerprint density at radius 3 is 3.00 bits per heavy atom. The summed E-state index contributed by atoms with van der Waals surface area (Å²) in [4.78, 5) is 18.6. The summed E-state index contributed by atoms with van der Waals surface area (Å²) in [6.07, 6.45) is 3.37. The molecular weight excluding hydrogens is 256 g/mol. The predicted octanol–water partition coefficient (Wildman–Crippen LogP) is 1.86. The van der Waals surface area contributed by atoms with Crippen LogP contribution in [0, 0.1) is 0 Å². The summed E-state index contributed by atoms with van der Waals surface area (Å²) in [7, 11) is 1.90. The zero-order valence-electron chi connectivity index (χ0n) is 12.6. The Kier molecular flexibility index (Phi) is 5.11. The molecule has 1 saturated heterocycles. The molecule has 6 heteroatoms. The Labute approximate surface area is 119 Å². The monoisotopic (exact) mass is 280 g/mol. The van der Waals surface area contributed by atoms with E-state index in [4.69, 9.17) is 4.52 Å². The van der Waals surface area contributed by atoms with Crippen molar-refractivity contribution in [1.29, 1.82) is 0 Å². The molecule has 0 aromatic carbocycles. The first kappa shape index (κ1) is 15.0. The van der Waals surface area contributed by atoms with Crippen LogP contribution in [0.1, 0.15) is 63.2 Å². The van der Waals surface area contributed by atoms with Gasteiger partial charge in [-0.25, -0.2) is 0 Å². The molecule has 0 bridgehead atoms. The Morgan fingerprint density at radius 1 is 1.55 bits per heavy atom. The summed E-state index contributed by atoms with van der Waals surface area (Å²) >= 11 is 0. The average Bonchev–Trinajstić information content (AvgIpc) is 3.07. The fourth-order valence-electron chi connectivity index (χ4n) is 2.51. The van der Waals surface area contributed by atoms with Crippen molar-refractivity contribution in [3.63, 3.8) is 0 Å². The van der Waals surface area contributed by atoms with Crippen LogP contribution in [0.25, 0.3) is 0 Å². The van der Waals surface area contributed by atoms with Gasteiger partial charge in [-0.15, -0.1) is 0 Å². The second-order valence-electron chi connectivity index (χ2n) is 5.60. The number of hydrogen-bond acceptors (Lipinski definition) is 5. The topological polar surface area (TPSA) is 71.3 Å². The van der Waals surface area contributed by atoms with Crippen molar-refractivity contribution < 1.29 is 9.32 Å². The van der Waals surface area contributed by atoms with Crippen molar-refractivity contribution in [1.82, 2.24) is 20.4 Å². The molecule has 1 aromatic heterocycles. The van der Waals surface area contributed by atoms with E-state index in [1.165, 1.54) is 0 Å². The molecule has 112 valence electrons. The fraction of sp³-hybridized carbons (Fsp3) is 0.786. The Balaban J connectivity index is 2.00. The van der Waals surface area contributed by atoms with E-state index >= 15 is 0 Å². The lowest BCUT2D eigenvalue weighted by molar-refractivity contribution is -0.132. The second-order valence-corrected chi connectivity index (χ2v) is 5.60. The van der Waals surface area contributed by atoms with Gasteiger partial charge < -0.3 is 14.7 Å². The van der Waals surface area contributed by atoms with Gasteiger partial charge in [0, 0.05) is 18.9 Å². The first-order valence-electron chi connectivity index (χ1n) is 7.41. The molecule has 1 amide bonds. The zero-order valence-corrected chi connectivity index (χ0v) is 12.6. The minimum atomic E-state index is -0.00617. The summed E-state index contributed by atoms with van der Waals surface area (Å²) in [6, 6.07) is -0.00617. The minimum absolute atomic E-state index is 0.00617. The van der Waals surface area contributed by atoms with Crippen LogP contribution in [0.5, 0.6) is 0 Å². The third kappa shape index (κ3) is 3.36. The molecular formula is C14H24N4O2. The van der Waals surface area contributed by atoms with Crippen LogP contribution in [0.4, 0.5) is 0 Å². The standard InChI is InChI=1S/C14H24N4O2/c1-10(2)14-16-13(17-20-14)11-6-5-9-18(11)12(19)7-4-8-15-3/h10-11,15H,4-9H2,1-3H3. The van der Waals surface area contributed by atoms with Crippen molar-refractivity contribution in [3.8, 4) is 0 Å². The second kappa shape index (κ2) is 6.83. The highest BCUT2D eigenvalue weighted by atomic mass is 16.5. The number of carbonyl (C=O) groups excluding carboxylic acids is 1. The van der Waals surface area contributed by atoms with Crippen molar-refractivity contribution in [2.24, 2.45) is 0 Å². The SMILES string of the molecule is CNCCCC(=O)N1CCCC1c1noc(C(C)C)n1. The number of nitrogens with one attached hydrogen (secondary N) is 1. The maximum absolute atomic E-state index is 12.3. The van der Waals surface area contributed by atoms with E-state index in [1.54, 1.807) is 0 Å². The maximum Gasteiger partial charge on any atom is 0.229 e. The van der Waals surface area contributed by atoms with Crippen molar-refractivity contribution in [2.75, 3.05) is 20.1 Å². The van der Waals surface area contributed by atoms with E-state index in [0.29, 0.717) is 18.1 Å². The lowest BCUT2D eigenvalue weighted by atomic mass is 10.2. The van der Waals surface area contributed by atoms with Crippen molar-refractivity contribution in [2.45, 2.75) is 51.5 Å². The molecule has 6 nitrogen and oxygen atoms in total. The van der Waals surface area contributed by atoms with Crippen LogP contribution >= 0.6 is 0 Å². The molecule has 0 aliphatic carbocycles. The molecule has 20 heavy (non-hydrogen) atoms. The van der Waals surface area contributed by atoms with Crippen LogP contribution in [0.2, 0.25) is 0 Å². The highest BCUT2D eigenvalue weighted by molar-refractivity contribution is 5.76. The smallest absolute Gasteiger partial charge is 0.229 e. The average molecular weight is 280 g/mol. The molecule has 1 aromatic rings. The van der Waals surface area contributed by atoms with Gasteiger partial charge in [0.2, 0.25) is 11.8 Å². The minimum Gasteiger partial charge on any atom is -0.339 e. The van der Waals surface area contributed by atoms with Gasteiger partial charge in [0.05, 0.1) is 6.04 Å². The molecule has 0 radical (unpaired) electrons. The number of amides is 1. The summed E-state index contributed by atoms with van der Waals surface area (Å²) < 4.78 is 5.26. The van der Waals surface area contributed by atoms with Gasteiger partial charge in [-0.2, -0.15) is 4.98 Å². The first-order chi connectivity index (χ1) is 9.63. The van der Waals surface area contributed by atoms with Crippen LogP contribution in [0.3, 0.4) is 0 Å². The Hall–Kier alpha value is -1.43. The lowest BCUT2D eigenvalue weighted by Gasteiger charge is -2.22.